The third kappa shape index (κ3) is 9.81. The molecule has 0 bridgehead atoms. The van der Waals surface area contributed by atoms with Crippen LogP contribution in [-0.4, -0.2) is 96.7 Å². The number of carbonyl (C=O) groups excluding carboxylic acids is 6. The van der Waals surface area contributed by atoms with Gasteiger partial charge in [-0.05, 0) is 86.5 Å². The molecule has 4 fully saturated rings. The first kappa shape index (κ1) is 44.6. The molecule has 6 aliphatic rings. The third-order valence-electron chi connectivity index (χ3n) is 13.6. The molecule has 0 spiro atoms. The Balaban J connectivity index is 1.12. The highest BCUT2D eigenvalue weighted by molar-refractivity contribution is 7.90. The molecule has 16 nitrogen and oxygen atoms in total. The second-order valence-corrected chi connectivity index (χ2v) is 21.4. The van der Waals surface area contributed by atoms with Crippen molar-refractivity contribution in [3.05, 3.63) is 23.3 Å². The summed E-state index contributed by atoms with van der Waals surface area (Å²) in [5, 5.41) is 2.19. The Morgan fingerprint density at radius 1 is 0.951 bits per heavy atom. The zero-order chi connectivity index (χ0) is 44.0. The van der Waals surface area contributed by atoms with E-state index in [2.05, 4.69) is 10.0 Å². The molecule has 3 saturated carbocycles. The van der Waals surface area contributed by atoms with Crippen LogP contribution < -0.4 is 19.5 Å². The SMILES string of the molecule is CC[C@H]1C[C@@]1(CC(=O)C1C[C@@H](OC(=O)N2Cc3cc4c(cc3C2)OCO4)CN1C(=O)[C@@H](CC(=O)[C@@H](NC(=O)OC(C)C)C1CCCCC1)C(C)(C)C)C(=O)NS(=O)(=O)C1CC1. The van der Waals surface area contributed by atoms with Crippen molar-refractivity contribution < 1.29 is 56.1 Å². The van der Waals surface area contributed by atoms with Gasteiger partial charge in [0.1, 0.15) is 6.10 Å². The van der Waals surface area contributed by atoms with Crippen molar-refractivity contribution in [2.45, 2.75) is 161 Å². The number of amides is 4. The Morgan fingerprint density at radius 2 is 1.59 bits per heavy atom. The maximum absolute atomic E-state index is 15.0. The molecule has 1 unspecified atom stereocenters. The van der Waals surface area contributed by atoms with Crippen molar-refractivity contribution in [3.63, 3.8) is 0 Å². The lowest BCUT2D eigenvalue weighted by molar-refractivity contribution is -0.146. The van der Waals surface area contributed by atoms with Crippen LogP contribution in [0, 0.1) is 28.6 Å². The van der Waals surface area contributed by atoms with Crippen LogP contribution in [0.25, 0.3) is 0 Å². The largest absolute Gasteiger partial charge is 0.454 e. The number of ketones is 2. The maximum atomic E-state index is 15.0. The fraction of sp³-hybridized carbons (Fsp3) is 0.727. The highest BCUT2D eigenvalue weighted by atomic mass is 32.2. The Labute approximate surface area is 358 Å². The van der Waals surface area contributed by atoms with Crippen molar-refractivity contribution in [1.29, 1.82) is 0 Å². The lowest BCUT2D eigenvalue weighted by atomic mass is 9.74. The first-order valence-electron chi connectivity index (χ1n) is 22.1. The van der Waals surface area contributed by atoms with Gasteiger partial charge in [-0.25, -0.2) is 18.0 Å². The summed E-state index contributed by atoms with van der Waals surface area (Å²) in [5.74, 6) is -2.04. The number of benzene rings is 1. The molecule has 2 N–H and O–H groups in total. The molecule has 61 heavy (non-hydrogen) atoms. The van der Waals surface area contributed by atoms with E-state index in [9.17, 15) is 32.4 Å². The molecular weight excluding hydrogens is 809 g/mol. The lowest BCUT2D eigenvalue weighted by Gasteiger charge is -2.36. The molecule has 3 aliphatic carbocycles. The van der Waals surface area contributed by atoms with E-state index in [4.69, 9.17) is 18.9 Å². The molecule has 3 aliphatic heterocycles. The number of alkyl carbamates (subject to hydrolysis) is 1. The van der Waals surface area contributed by atoms with Crippen molar-refractivity contribution in [2.24, 2.45) is 28.6 Å². The van der Waals surface area contributed by atoms with Gasteiger partial charge in [-0.1, -0.05) is 53.4 Å². The number of nitrogens with one attached hydrogen (secondary N) is 2. The van der Waals surface area contributed by atoms with Gasteiger partial charge in [0.25, 0.3) is 0 Å². The number of fused-ring (bicyclic) bond motifs is 2. The zero-order valence-electron chi connectivity index (χ0n) is 36.3. The van der Waals surface area contributed by atoms with Crippen LogP contribution in [0.15, 0.2) is 12.1 Å². The molecule has 1 saturated heterocycles. The van der Waals surface area contributed by atoms with Crippen LogP contribution in [-0.2, 0) is 51.8 Å². The van der Waals surface area contributed by atoms with Gasteiger partial charge in [-0.15, -0.1) is 0 Å². The summed E-state index contributed by atoms with van der Waals surface area (Å²) in [6.07, 6.45) is 2.95. The lowest BCUT2D eigenvalue weighted by Crippen LogP contribution is -2.51. The fourth-order valence-corrected chi connectivity index (χ4v) is 11.2. The predicted octanol–water partition coefficient (Wildman–Crippen LogP) is 5.53. The number of hydrogen-bond acceptors (Lipinski definition) is 12. The summed E-state index contributed by atoms with van der Waals surface area (Å²) in [5.41, 5.74) is -0.275. The number of Topliss-reactive ketones (excluding diaryl/α,β-unsaturated/α-hetero) is 2. The van der Waals surface area contributed by atoms with Crippen molar-refractivity contribution in [2.75, 3.05) is 13.3 Å². The standard InChI is InChI=1S/C44H62N4O12S/c1-7-29-19-44(29,40(52)46-61(55,56)31-13-14-31)20-35(50)33-17-30(60-42(54)47-21-27-15-36-37(58-24-57-36)16-28(27)22-47)23-48(33)39(51)32(43(4,5)6)18-34(49)38(26-11-9-8-10-12-26)45-41(53)59-25(2)3/h15-16,25-26,29-33,38H,7-14,17-24H2,1-6H3,(H,45,53)(H,46,52)/t29-,30+,32+,33?,38-,44-/m0/s1. The summed E-state index contributed by atoms with van der Waals surface area (Å²) in [4.78, 5) is 87.3. The number of carbonyl (C=O) groups is 6. The smallest absolute Gasteiger partial charge is 0.410 e. The van der Waals surface area contributed by atoms with E-state index in [1.807, 2.05) is 39.8 Å². The summed E-state index contributed by atoms with van der Waals surface area (Å²) in [7, 11) is -3.88. The van der Waals surface area contributed by atoms with Gasteiger partial charge in [-0.2, -0.15) is 0 Å². The second-order valence-electron chi connectivity index (χ2n) is 19.4. The second kappa shape index (κ2) is 17.4. The number of ether oxygens (including phenoxy) is 4. The minimum absolute atomic E-state index is 0.0416. The van der Waals surface area contributed by atoms with E-state index < -0.39 is 86.1 Å². The Kier molecular flexibility index (Phi) is 12.7. The third-order valence-corrected chi connectivity index (χ3v) is 15.4. The Bertz CT molecular complexity index is 1990. The number of sulfonamides is 1. The fourth-order valence-electron chi connectivity index (χ4n) is 9.77. The average Bonchev–Trinajstić information content (AvgIpc) is 4.02. The first-order valence-corrected chi connectivity index (χ1v) is 23.6. The number of likely N-dealkylation sites (tertiary alicyclic amines) is 1. The molecule has 336 valence electrons. The Morgan fingerprint density at radius 3 is 2.15 bits per heavy atom. The van der Waals surface area contributed by atoms with Crippen molar-refractivity contribution in [1.82, 2.24) is 19.8 Å². The number of hydrogen-bond donors (Lipinski definition) is 2. The van der Waals surface area contributed by atoms with E-state index in [1.54, 1.807) is 13.8 Å². The maximum Gasteiger partial charge on any atom is 0.410 e. The van der Waals surface area contributed by atoms with E-state index in [0.717, 1.165) is 43.2 Å². The topological polar surface area (TPSA) is 204 Å². The zero-order valence-corrected chi connectivity index (χ0v) is 37.1. The number of rotatable bonds is 15. The van der Waals surface area contributed by atoms with E-state index in [0.29, 0.717) is 37.2 Å². The molecule has 17 heteroatoms. The minimum atomic E-state index is -3.88. The van der Waals surface area contributed by atoms with Crippen LogP contribution in [0.5, 0.6) is 11.5 Å². The van der Waals surface area contributed by atoms with Crippen LogP contribution >= 0.6 is 0 Å². The summed E-state index contributed by atoms with van der Waals surface area (Å²) < 4.78 is 50.4. The molecule has 1 aromatic carbocycles. The van der Waals surface area contributed by atoms with Crippen LogP contribution in [0.3, 0.4) is 0 Å². The molecule has 7 rings (SSSR count). The summed E-state index contributed by atoms with van der Waals surface area (Å²) in [6, 6.07) is 1.70. The predicted molar refractivity (Wildman–Crippen MR) is 220 cm³/mol. The van der Waals surface area contributed by atoms with Gasteiger partial charge in [-0.3, -0.25) is 28.8 Å². The summed E-state index contributed by atoms with van der Waals surface area (Å²) in [6.45, 7) is 11.4. The number of nitrogens with zero attached hydrogens (tertiary/aromatic N) is 2. The van der Waals surface area contributed by atoms with Crippen molar-refractivity contribution in [3.8, 4) is 11.5 Å². The molecule has 0 aromatic heterocycles. The van der Waals surface area contributed by atoms with Gasteiger partial charge in [0, 0.05) is 38.3 Å². The van der Waals surface area contributed by atoms with Crippen LogP contribution in [0.4, 0.5) is 9.59 Å². The van der Waals surface area contributed by atoms with Crippen molar-refractivity contribution >= 4 is 45.6 Å². The summed E-state index contributed by atoms with van der Waals surface area (Å²) >= 11 is 0. The normalized spacial score (nSPS) is 25.7. The molecular formula is C44H62N4O12S. The van der Waals surface area contributed by atoms with Gasteiger partial charge in [0.15, 0.2) is 23.1 Å². The molecule has 4 amide bonds. The van der Waals surface area contributed by atoms with Gasteiger partial charge in [0.2, 0.25) is 28.6 Å². The Hall–Kier alpha value is -4.41. The highest BCUT2D eigenvalue weighted by Crippen LogP contribution is 2.58. The minimum Gasteiger partial charge on any atom is -0.454 e. The van der Waals surface area contributed by atoms with Gasteiger partial charge < -0.3 is 29.2 Å². The van der Waals surface area contributed by atoms with E-state index >= 15 is 4.79 Å². The average molecular weight is 871 g/mol. The molecule has 3 heterocycles. The highest BCUT2D eigenvalue weighted by Gasteiger charge is 2.62. The van der Waals surface area contributed by atoms with Gasteiger partial charge >= 0.3 is 12.2 Å². The van der Waals surface area contributed by atoms with E-state index in [1.165, 1.54) is 9.80 Å². The van der Waals surface area contributed by atoms with Gasteiger partial charge in [0.05, 0.1) is 35.4 Å². The van der Waals surface area contributed by atoms with Crippen LogP contribution in [0.2, 0.25) is 0 Å². The van der Waals surface area contributed by atoms with E-state index in [-0.39, 0.29) is 63.3 Å². The quantitative estimate of drug-likeness (QED) is 0.224. The first-order chi connectivity index (χ1) is 28.8. The molecule has 6 atom stereocenters. The monoisotopic (exact) mass is 870 g/mol. The molecule has 0 radical (unpaired) electrons. The van der Waals surface area contributed by atoms with Crippen LogP contribution in [0.1, 0.15) is 130 Å². The molecule has 1 aromatic rings.